The van der Waals surface area contributed by atoms with Crippen LogP contribution in [0.3, 0.4) is 0 Å². The van der Waals surface area contributed by atoms with E-state index >= 15 is 0 Å². The van der Waals surface area contributed by atoms with Crippen molar-refractivity contribution < 1.29 is 4.74 Å². The van der Waals surface area contributed by atoms with Gasteiger partial charge in [0.15, 0.2) is 0 Å². The minimum atomic E-state index is -0.298. The number of aromatic nitrogens is 1. The minimum absolute atomic E-state index is 0.298. The second-order valence-electron chi connectivity index (χ2n) is 5.56. The van der Waals surface area contributed by atoms with Crippen LogP contribution >= 0.6 is 11.6 Å². The average Bonchev–Trinajstić information content (AvgIpc) is 2.26. The maximum atomic E-state index is 6.34. The molecule has 0 unspecified atom stereocenters. The minimum Gasteiger partial charge on any atom is -0.494 e. The molecule has 0 saturated carbocycles. The number of nitrogens with zero attached hydrogens (tertiary/aromatic N) is 1. The summed E-state index contributed by atoms with van der Waals surface area (Å²) in [5.41, 5.74) is 8.68. The second kappa shape index (κ2) is 4.99. The Hall–Kier alpha value is -1.32. The Bertz CT molecular complexity index is 618. The Morgan fingerprint density at radius 3 is 2.63 bits per heavy atom. The third kappa shape index (κ3) is 2.99. The van der Waals surface area contributed by atoms with Gasteiger partial charge in [-0.2, -0.15) is 0 Å². The number of methoxy groups -OCH3 is 1. The molecule has 1 aromatic heterocycles. The summed E-state index contributed by atoms with van der Waals surface area (Å²) in [5, 5.41) is 1.62. The van der Waals surface area contributed by atoms with Crippen LogP contribution in [-0.4, -0.2) is 17.6 Å². The predicted molar refractivity (Wildman–Crippen MR) is 80.0 cm³/mol. The first kappa shape index (κ1) is 14.1. The first-order valence-corrected chi connectivity index (χ1v) is 6.61. The van der Waals surface area contributed by atoms with Crippen LogP contribution in [0.5, 0.6) is 5.75 Å². The van der Waals surface area contributed by atoms with Crippen molar-refractivity contribution in [2.45, 2.75) is 32.7 Å². The average molecular weight is 279 g/mol. The number of benzene rings is 1. The zero-order valence-electron chi connectivity index (χ0n) is 11.7. The summed E-state index contributed by atoms with van der Waals surface area (Å²) in [6, 6.07) is 5.73. The van der Waals surface area contributed by atoms with Crippen LogP contribution in [0.4, 0.5) is 0 Å². The van der Waals surface area contributed by atoms with Crippen molar-refractivity contribution in [3.8, 4) is 5.75 Å². The Morgan fingerprint density at radius 1 is 1.37 bits per heavy atom. The number of hydrogen-bond donors (Lipinski definition) is 1. The van der Waals surface area contributed by atoms with Gasteiger partial charge in [-0.15, -0.1) is 0 Å². The van der Waals surface area contributed by atoms with Crippen molar-refractivity contribution in [1.82, 2.24) is 4.98 Å². The van der Waals surface area contributed by atoms with Crippen molar-refractivity contribution in [2.24, 2.45) is 5.73 Å². The Kier molecular flexibility index (Phi) is 3.70. The van der Waals surface area contributed by atoms with Crippen LogP contribution in [0.15, 0.2) is 18.2 Å². The third-order valence-corrected chi connectivity index (χ3v) is 3.26. The Balaban J connectivity index is 2.76. The van der Waals surface area contributed by atoms with E-state index < -0.39 is 0 Å². The van der Waals surface area contributed by atoms with E-state index in [4.69, 9.17) is 22.1 Å². The number of rotatable bonds is 3. The van der Waals surface area contributed by atoms with Gasteiger partial charge in [0, 0.05) is 16.6 Å². The molecule has 0 aliphatic carbocycles. The van der Waals surface area contributed by atoms with Crippen LogP contribution < -0.4 is 10.5 Å². The Morgan fingerprint density at radius 2 is 2.05 bits per heavy atom. The molecule has 0 bridgehead atoms. The van der Waals surface area contributed by atoms with Gasteiger partial charge in [-0.3, -0.25) is 0 Å². The molecule has 102 valence electrons. The van der Waals surface area contributed by atoms with Crippen LogP contribution in [0, 0.1) is 6.92 Å². The Labute approximate surface area is 118 Å². The van der Waals surface area contributed by atoms with E-state index in [1.54, 1.807) is 7.11 Å². The topological polar surface area (TPSA) is 48.1 Å². The summed E-state index contributed by atoms with van der Waals surface area (Å²) in [4.78, 5) is 4.55. The lowest BCUT2D eigenvalue weighted by molar-refractivity contribution is 0.418. The molecule has 0 atom stereocenters. The van der Waals surface area contributed by atoms with Crippen molar-refractivity contribution >= 4 is 22.5 Å². The monoisotopic (exact) mass is 278 g/mol. The van der Waals surface area contributed by atoms with Gasteiger partial charge >= 0.3 is 0 Å². The summed E-state index contributed by atoms with van der Waals surface area (Å²) >= 11 is 6.34. The quantitative estimate of drug-likeness (QED) is 0.935. The normalized spacial score (nSPS) is 11.9. The smallest absolute Gasteiger partial charge is 0.145 e. The van der Waals surface area contributed by atoms with E-state index in [0.29, 0.717) is 5.02 Å². The lowest BCUT2D eigenvalue weighted by Gasteiger charge is -2.20. The molecule has 2 rings (SSSR count). The van der Waals surface area contributed by atoms with E-state index in [1.165, 1.54) is 0 Å². The first-order chi connectivity index (χ1) is 8.81. The zero-order valence-corrected chi connectivity index (χ0v) is 12.5. The van der Waals surface area contributed by atoms with Gasteiger partial charge in [0.05, 0.1) is 12.1 Å². The largest absolute Gasteiger partial charge is 0.494 e. The molecule has 4 heteroatoms. The fourth-order valence-corrected chi connectivity index (χ4v) is 2.57. The van der Waals surface area contributed by atoms with Gasteiger partial charge in [-0.05, 0) is 51.0 Å². The predicted octanol–water partition coefficient (Wildman–Crippen LogP) is 3.49. The molecule has 0 aliphatic heterocycles. The highest BCUT2D eigenvalue weighted by atomic mass is 35.5. The highest BCUT2D eigenvalue weighted by Gasteiger charge is 2.18. The molecule has 3 nitrogen and oxygen atoms in total. The molecular weight excluding hydrogens is 260 g/mol. The van der Waals surface area contributed by atoms with Gasteiger partial charge in [-0.1, -0.05) is 11.6 Å². The summed E-state index contributed by atoms with van der Waals surface area (Å²) in [5.74, 6) is 0.735. The van der Waals surface area contributed by atoms with Gasteiger partial charge in [0.1, 0.15) is 11.3 Å². The van der Waals surface area contributed by atoms with Gasteiger partial charge < -0.3 is 10.5 Å². The van der Waals surface area contributed by atoms with Crippen LogP contribution in [-0.2, 0) is 6.42 Å². The number of nitrogens with two attached hydrogens (primary N) is 1. The number of fused-ring (bicyclic) bond motifs is 1. The van der Waals surface area contributed by atoms with E-state index in [1.807, 2.05) is 39.0 Å². The molecule has 0 saturated heterocycles. The number of hydrogen-bond acceptors (Lipinski definition) is 3. The molecule has 0 aliphatic rings. The number of pyridine rings is 1. The number of aryl methyl sites for hydroxylation is 1. The van der Waals surface area contributed by atoms with E-state index in [9.17, 15) is 0 Å². The van der Waals surface area contributed by atoms with E-state index in [2.05, 4.69) is 4.98 Å². The third-order valence-electron chi connectivity index (χ3n) is 2.95. The molecule has 0 spiro atoms. The zero-order chi connectivity index (χ0) is 14.2. The van der Waals surface area contributed by atoms with Gasteiger partial charge in [0.2, 0.25) is 0 Å². The van der Waals surface area contributed by atoms with Crippen LogP contribution in [0.2, 0.25) is 5.02 Å². The fraction of sp³-hybridized carbons (Fsp3) is 0.400. The van der Waals surface area contributed by atoms with Crippen molar-refractivity contribution in [1.29, 1.82) is 0 Å². The molecule has 0 radical (unpaired) electrons. The lowest BCUT2D eigenvalue weighted by Crippen LogP contribution is -2.34. The molecule has 1 aromatic carbocycles. The SMILES string of the molecule is COc1ccc(Cl)c2c(CC(C)(C)N)cc(C)nc12. The van der Waals surface area contributed by atoms with Crippen LogP contribution in [0.25, 0.3) is 10.9 Å². The standard InChI is InChI=1S/C15H19ClN2O/c1-9-7-10(8-15(2,3)17)13-11(16)5-6-12(19-4)14(13)18-9/h5-7H,8,17H2,1-4H3. The number of ether oxygens (including phenoxy) is 1. The molecule has 2 N–H and O–H groups in total. The molecule has 0 fully saturated rings. The summed E-state index contributed by atoms with van der Waals surface area (Å²) in [7, 11) is 1.64. The first-order valence-electron chi connectivity index (χ1n) is 6.23. The maximum Gasteiger partial charge on any atom is 0.145 e. The van der Waals surface area contributed by atoms with E-state index in [-0.39, 0.29) is 5.54 Å². The molecule has 0 amide bonds. The molecule has 1 heterocycles. The molecular formula is C15H19ClN2O. The van der Waals surface area contributed by atoms with Gasteiger partial charge in [-0.25, -0.2) is 4.98 Å². The lowest BCUT2D eigenvalue weighted by atomic mass is 9.93. The summed E-state index contributed by atoms with van der Waals surface area (Å²) in [6.07, 6.45) is 0.736. The summed E-state index contributed by atoms with van der Waals surface area (Å²) in [6.45, 7) is 5.97. The fourth-order valence-electron chi connectivity index (χ4n) is 2.29. The van der Waals surface area contributed by atoms with E-state index in [0.717, 1.165) is 34.3 Å². The van der Waals surface area contributed by atoms with Gasteiger partial charge in [0.25, 0.3) is 0 Å². The summed E-state index contributed by atoms with van der Waals surface area (Å²) < 4.78 is 5.37. The maximum absolute atomic E-state index is 6.34. The second-order valence-corrected chi connectivity index (χ2v) is 5.97. The molecule has 2 aromatic rings. The number of halogens is 1. The van der Waals surface area contributed by atoms with Crippen molar-refractivity contribution in [3.63, 3.8) is 0 Å². The molecule has 19 heavy (non-hydrogen) atoms. The van der Waals surface area contributed by atoms with Crippen molar-refractivity contribution in [3.05, 3.63) is 34.5 Å². The highest BCUT2D eigenvalue weighted by Crippen LogP contribution is 2.34. The van der Waals surface area contributed by atoms with Crippen LogP contribution in [0.1, 0.15) is 25.1 Å². The highest BCUT2D eigenvalue weighted by molar-refractivity contribution is 6.35. The van der Waals surface area contributed by atoms with Crippen molar-refractivity contribution in [2.75, 3.05) is 7.11 Å².